The molecule has 0 saturated carbocycles. The van der Waals surface area contributed by atoms with Crippen molar-refractivity contribution in [1.82, 2.24) is 4.98 Å². The summed E-state index contributed by atoms with van der Waals surface area (Å²) < 4.78 is 39.8. The van der Waals surface area contributed by atoms with E-state index >= 15 is 0 Å². The first kappa shape index (κ1) is 15.4. The molecule has 0 unspecified atom stereocenters. The molecule has 0 aliphatic carbocycles. The molecule has 0 fully saturated rings. The van der Waals surface area contributed by atoms with E-state index in [1.165, 1.54) is 24.4 Å². The molecular weight excluding hydrogens is 301 g/mol. The Labute approximate surface area is 123 Å². The molecule has 1 aromatic heterocycles. The lowest BCUT2D eigenvalue weighted by Crippen LogP contribution is -2.12. The van der Waals surface area contributed by atoms with Gasteiger partial charge in [0.05, 0.1) is 21.3 Å². The monoisotopic (exact) mass is 312 g/mol. The Bertz CT molecular complexity index is 738. The van der Waals surface area contributed by atoms with Gasteiger partial charge in [0.25, 0.3) is 0 Å². The predicted octanol–water partition coefficient (Wildman–Crippen LogP) is 3.70. The van der Waals surface area contributed by atoms with Crippen LogP contribution in [0.3, 0.4) is 0 Å². The van der Waals surface area contributed by atoms with Crippen molar-refractivity contribution in [2.24, 2.45) is 5.73 Å². The van der Waals surface area contributed by atoms with E-state index in [0.29, 0.717) is 6.29 Å². The zero-order chi connectivity index (χ0) is 15.6. The fourth-order valence-corrected chi connectivity index (χ4v) is 2.34. The maximum Gasteiger partial charge on any atom is 0.417 e. The molecule has 2 rings (SSSR count). The average molecular weight is 312 g/mol. The predicted molar refractivity (Wildman–Crippen MR) is 75.3 cm³/mol. The van der Waals surface area contributed by atoms with Crippen molar-refractivity contribution < 1.29 is 18.0 Å². The first-order chi connectivity index (χ1) is 9.90. The zero-order valence-electron chi connectivity index (χ0n) is 10.7. The highest BCUT2D eigenvalue weighted by molar-refractivity contribution is 7.71. The molecule has 21 heavy (non-hydrogen) atoms. The van der Waals surface area contributed by atoms with Crippen LogP contribution >= 0.6 is 12.2 Å². The largest absolute Gasteiger partial charge is 0.417 e. The molecule has 0 atom stereocenters. The van der Waals surface area contributed by atoms with Crippen LogP contribution in [0.15, 0.2) is 30.5 Å². The lowest BCUT2D eigenvalue weighted by atomic mass is 9.95. The first-order valence-electron chi connectivity index (χ1n) is 5.96. The van der Waals surface area contributed by atoms with E-state index in [1.54, 1.807) is 0 Å². The molecular formula is C14H11F3N2OS. The normalized spacial score (nSPS) is 11.4. The number of benzene rings is 1. The van der Waals surface area contributed by atoms with Crippen LogP contribution in [-0.2, 0) is 12.7 Å². The Kier molecular flexibility index (Phi) is 4.24. The number of pyridine rings is 1. The molecule has 0 spiro atoms. The Balaban J connectivity index is 2.89. The van der Waals surface area contributed by atoms with Gasteiger partial charge in [-0.25, -0.2) is 0 Å². The summed E-state index contributed by atoms with van der Waals surface area (Å²) in [7, 11) is 0. The van der Waals surface area contributed by atoms with Crippen LogP contribution in [0.4, 0.5) is 13.2 Å². The zero-order valence-corrected chi connectivity index (χ0v) is 11.5. The standard InChI is InChI=1S/C14H11F3N2OS/c15-14(16,17)10-3-1-2-8(6-18)12(10)13-9(7-20)11(21)4-5-19-13/h1-5,7H,6,18H2,(H,19,21). The van der Waals surface area contributed by atoms with Crippen molar-refractivity contribution >= 4 is 18.5 Å². The van der Waals surface area contributed by atoms with E-state index in [1.807, 2.05) is 0 Å². The van der Waals surface area contributed by atoms with E-state index < -0.39 is 11.7 Å². The molecule has 0 bridgehead atoms. The Morgan fingerprint density at radius 2 is 2.00 bits per heavy atom. The second kappa shape index (κ2) is 5.79. The number of halogens is 3. The molecule has 7 heteroatoms. The van der Waals surface area contributed by atoms with Crippen molar-refractivity contribution in [2.75, 3.05) is 0 Å². The number of carbonyl (C=O) groups is 1. The molecule has 1 heterocycles. The summed E-state index contributed by atoms with van der Waals surface area (Å²) in [6.07, 6.45) is -2.72. The third-order valence-corrected chi connectivity index (χ3v) is 3.40. The van der Waals surface area contributed by atoms with Crippen molar-refractivity contribution in [2.45, 2.75) is 12.7 Å². The molecule has 0 amide bonds. The molecule has 110 valence electrons. The van der Waals surface area contributed by atoms with Gasteiger partial charge < -0.3 is 10.7 Å². The summed E-state index contributed by atoms with van der Waals surface area (Å²) in [6, 6.07) is 5.17. The van der Waals surface area contributed by atoms with Gasteiger partial charge in [-0.2, -0.15) is 13.2 Å². The summed E-state index contributed by atoms with van der Waals surface area (Å²) in [5.41, 5.74) is 4.87. The highest BCUT2D eigenvalue weighted by atomic mass is 32.1. The van der Waals surface area contributed by atoms with Gasteiger partial charge in [0.15, 0.2) is 6.29 Å². The maximum absolute atomic E-state index is 13.2. The van der Waals surface area contributed by atoms with Gasteiger partial charge in [-0.1, -0.05) is 24.4 Å². The summed E-state index contributed by atoms with van der Waals surface area (Å²) in [5, 5.41) is 0. The number of aldehydes is 1. The number of nitrogens with one attached hydrogen (secondary N) is 1. The average Bonchev–Trinajstić information content (AvgIpc) is 2.45. The fourth-order valence-electron chi connectivity index (χ4n) is 2.12. The summed E-state index contributed by atoms with van der Waals surface area (Å²) in [4.78, 5) is 13.9. The summed E-state index contributed by atoms with van der Waals surface area (Å²) in [5.74, 6) is 0. The fraction of sp³-hybridized carbons (Fsp3) is 0.143. The van der Waals surface area contributed by atoms with Crippen molar-refractivity contribution in [1.29, 1.82) is 0 Å². The number of H-pyrrole nitrogens is 1. The topological polar surface area (TPSA) is 58.9 Å². The van der Waals surface area contributed by atoms with Gasteiger partial charge in [-0.05, 0) is 17.7 Å². The second-order valence-electron chi connectivity index (χ2n) is 4.29. The van der Waals surface area contributed by atoms with Crippen LogP contribution in [-0.4, -0.2) is 11.3 Å². The number of hydrogen-bond acceptors (Lipinski definition) is 3. The smallest absolute Gasteiger partial charge is 0.361 e. The van der Waals surface area contributed by atoms with Gasteiger partial charge >= 0.3 is 6.18 Å². The molecule has 0 saturated heterocycles. The van der Waals surface area contributed by atoms with E-state index in [-0.39, 0.29) is 33.4 Å². The summed E-state index contributed by atoms with van der Waals surface area (Å²) in [6.45, 7) is -0.0902. The minimum absolute atomic E-state index is 0.0129. The van der Waals surface area contributed by atoms with Crippen LogP contribution in [0, 0.1) is 4.51 Å². The van der Waals surface area contributed by atoms with E-state index in [0.717, 1.165) is 6.07 Å². The van der Waals surface area contributed by atoms with Crippen LogP contribution in [0.5, 0.6) is 0 Å². The Morgan fingerprint density at radius 1 is 1.29 bits per heavy atom. The Morgan fingerprint density at radius 3 is 2.57 bits per heavy atom. The highest BCUT2D eigenvalue weighted by Crippen LogP contribution is 2.39. The lowest BCUT2D eigenvalue weighted by Gasteiger charge is -2.17. The van der Waals surface area contributed by atoms with Gasteiger partial charge in [0.2, 0.25) is 0 Å². The second-order valence-corrected chi connectivity index (χ2v) is 4.73. The van der Waals surface area contributed by atoms with Crippen LogP contribution in [0.25, 0.3) is 11.3 Å². The molecule has 3 nitrogen and oxygen atoms in total. The minimum Gasteiger partial charge on any atom is -0.361 e. The number of rotatable bonds is 3. The van der Waals surface area contributed by atoms with Gasteiger partial charge in [-0.3, -0.25) is 4.79 Å². The molecule has 3 N–H and O–H groups in total. The van der Waals surface area contributed by atoms with E-state index in [4.69, 9.17) is 18.0 Å². The number of aromatic nitrogens is 1. The minimum atomic E-state index is -4.56. The lowest BCUT2D eigenvalue weighted by molar-refractivity contribution is -0.137. The van der Waals surface area contributed by atoms with Gasteiger partial charge in [-0.15, -0.1) is 0 Å². The van der Waals surface area contributed by atoms with Crippen LogP contribution < -0.4 is 5.73 Å². The molecule has 0 aliphatic rings. The third-order valence-electron chi connectivity index (χ3n) is 3.04. The first-order valence-corrected chi connectivity index (χ1v) is 6.37. The maximum atomic E-state index is 13.2. The highest BCUT2D eigenvalue weighted by Gasteiger charge is 2.35. The Hall–Kier alpha value is -1.99. The number of carbonyl (C=O) groups excluding carboxylic acids is 1. The van der Waals surface area contributed by atoms with Crippen LogP contribution in [0.2, 0.25) is 0 Å². The van der Waals surface area contributed by atoms with Crippen molar-refractivity contribution in [3.05, 3.63) is 51.7 Å². The quantitative estimate of drug-likeness (QED) is 0.671. The molecule has 0 radical (unpaired) electrons. The SMILES string of the molecule is NCc1cccc(C(F)(F)F)c1-c1[nH]ccc(=S)c1C=O. The molecule has 1 aromatic carbocycles. The van der Waals surface area contributed by atoms with E-state index in [9.17, 15) is 18.0 Å². The molecule has 2 aromatic rings. The van der Waals surface area contributed by atoms with Gasteiger partial charge in [0.1, 0.15) is 0 Å². The number of alkyl halides is 3. The number of hydrogen-bond donors (Lipinski definition) is 2. The van der Waals surface area contributed by atoms with Gasteiger partial charge in [0, 0.05) is 18.3 Å². The number of aromatic amines is 1. The molecule has 0 aliphatic heterocycles. The third kappa shape index (κ3) is 2.88. The van der Waals surface area contributed by atoms with Crippen LogP contribution in [0.1, 0.15) is 21.5 Å². The van der Waals surface area contributed by atoms with Crippen molar-refractivity contribution in [3.8, 4) is 11.3 Å². The summed E-state index contributed by atoms with van der Waals surface area (Å²) >= 11 is 4.99. The number of nitrogens with two attached hydrogens (primary N) is 1. The van der Waals surface area contributed by atoms with Crippen molar-refractivity contribution in [3.63, 3.8) is 0 Å². The van der Waals surface area contributed by atoms with E-state index in [2.05, 4.69) is 4.98 Å².